The molecule has 2 aromatic carbocycles. The smallest absolute Gasteiger partial charge is 0.246 e. The molecule has 2 heterocycles. The van der Waals surface area contributed by atoms with Crippen LogP contribution >= 0.6 is 11.3 Å². The topological polar surface area (TPSA) is 88.6 Å². The molecular weight excluding hydrogens is 422 g/mol. The van der Waals surface area contributed by atoms with Crippen LogP contribution in [0, 0.1) is 0 Å². The number of aromatic nitrogens is 1. The Kier molecular flexibility index (Phi) is 5.77. The van der Waals surface area contributed by atoms with Gasteiger partial charge in [0.1, 0.15) is 10.6 Å². The third kappa shape index (κ3) is 4.05. The molecule has 1 aliphatic heterocycles. The summed E-state index contributed by atoms with van der Waals surface area (Å²) in [7, 11) is -2.36. The van der Waals surface area contributed by atoms with Gasteiger partial charge in [0, 0.05) is 31.6 Å². The number of piperidine rings is 1. The Labute approximate surface area is 179 Å². The van der Waals surface area contributed by atoms with Crippen molar-refractivity contribution in [1.29, 1.82) is 0 Å². The van der Waals surface area contributed by atoms with Crippen molar-refractivity contribution in [2.75, 3.05) is 25.5 Å². The molecule has 1 fully saturated rings. The van der Waals surface area contributed by atoms with E-state index < -0.39 is 10.0 Å². The van der Waals surface area contributed by atoms with Crippen LogP contribution in [0.15, 0.2) is 47.4 Å². The molecule has 0 radical (unpaired) electrons. The summed E-state index contributed by atoms with van der Waals surface area (Å²) >= 11 is 1.62. The molecule has 1 atom stereocenters. The first kappa shape index (κ1) is 20.8. The van der Waals surface area contributed by atoms with Crippen LogP contribution in [-0.2, 0) is 14.8 Å². The number of fused-ring (bicyclic) bond motifs is 1. The molecule has 158 valence electrons. The first-order chi connectivity index (χ1) is 14.4. The number of benzene rings is 2. The average Bonchev–Trinajstić information content (AvgIpc) is 3.18. The molecule has 4 rings (SSSR count). The van der Waals surface area contributed by atoms with Crippen molar-refractivity contribution in [2.45, 2.75) is 30.6 Å². The second-order valence-corrected chi connectivity index (χ2v) is 10.2. The second kappa shape index (κ2) is 8.33. The van der Waals surface area contributed by atoms with Gasteiger partial charge in [-0.1, -0.05) is 12.1 Å². The van der Waals surface area contributed by atoms with E-state index in [1.807, 2.05) is 24.3 Å². The first-order valence-electron chi connectivity index (χ1n) is 9.70. The van der Waals surface area contributed by atoms with Crippen LogP contribution in [0.2, 0.25) is 0 Å². The molecule has 1 saturated heterocycles. The Morgan fingerprint density at radius 1 is 1.27 bits per heavy atom. The highest BCUT2D eigenvalue weighted by Crippen LogP contribution is 2.36. The molecule has 1 aromatic heterocycles. The van der Waals surface area contributed by atoms with Crippen LogP contribution in [-0.4, -0.2) is 43.8 Å². The zero-order valence-electron chi connectivity index (χ0n) is 16.8. The molecule has 1 N–H and O–H groups in total. The molecule has 1 amide bonds. The Hall–Kier alpha value is -2.49. The number of hydrogen-bond acceptors (Lipinski definition) is 6. The van der Waals surface area contributed by atoms with Crippen LogP contribution < -0.4 is 10.1 Å². The number of hydrogen-bond donors (Lipinski definition) is 1. The normalized spacial score (nSPS) is 17.7. The number of nitrogens with one attached hydrogen (secondary N) is 1. The average molecular weight is 446 g/mol. The molecular formula is C21H23N3O4S2. The molecule has 0 bridgehead atoms. The van der Waals surface area contributed by atoms with Gasteiger partial charge in [-0.25, -0.2) is 13.4 Å². The molecule has 3 aromatic rings. The first-order valence-corrected chi connectivity index (χ1v) is 12.0. The maximum atomic E-state index is 13.5. The van der Waals surface area contributed by atoms with Gasteiger partial charge in [0.05, 0.1) is 22.3 Å². The lowest BCUT2D eigenvalue weighted by Gasteiger charge is -2.31. The predicted octanol–water partition coefficient (Wildman–Crippen LogP) is 3.83. The highest BCUT2D eigenvalue weighted by Gasteiger charge is 2.34. The summed E-state index contributed by atoms with van der Waals surface area (Å²) in [6, 6.07) is 12.6. The van der Waals surface area contributed by atoms with E-state index in [2.05, 4.69) is 5.32 Å². The Balaban J connectivity index is 1.64. The Bertz CT molecular complexity index is 1160. The molecule has 9 heteroatoms. The quantitative estimate of drug-likeness (QED) is 0.645. The van der Waals surface area contributed by atoms with Crippen molar-refractivity contribution in [3.05, 3.63) is 47.5 Å². The minimum absolute atomic E-state index is 0.0513. The summed E-state index contributed by atoms with van der Waals surface area (Å²) in [5.41, 5.74) is 1.36. The van der Waals surface area contributed by atoms with Crippen molar-refractivity contribution < 1.29 is 17.9 Å². The van der Waals surface area contributed by atoms with Gasteiger partial charge in [0.2, 0.25) is 15.9 Å². The monoisotopic (exact) mass is 445 g/mol. The molecule has 1 unspecified atom stereocenters. The summed E-state index contributed by atoms with van der Waals surface area (Å²) < 4.78 is 34.9. The fourth-order valence-corrected chi connectivity index (χ4v) is 6.52. The number of nitrogens with zero attached hydrogens (tertiary/aromatic N) is 2. The van der Waals surface area contributed by atoms with Gasteiger partial charge in [-0.2, -0.15) is 4.31 Å². The maximum absolute atomic E-state index is 13.5. The highest BCUT2D eigenvalue weighted by molar-refractivity contribution is 7.89. The van der Waals surface area contributed by atoms with Gasteiger partial charge >= 0.3 is 0 Å². The fraction of sp³-hybridized carbons (Fsp3) is 0.333. The zero-order chi connectivity index (χ0) is 21.3. The van der Waals surface area contributed by atoms with E-state index in [1.54, 1.807) is 23.5 Å². The van der Waals surface area contributed by atoms with Gasteiger partial charge in [-0.3, -0.25) is 4.79 Å². The third-order valence-electron chi connectivity index (χ3n) is 5.15. The third-order valence-corrected chi connectivity index (χ3v) is 8.23. The number of sulfonamides is 1. The number of amides is 1. The van der Waals surface area contributed by atoms with Gasteiger partial charge in [0.25, 0.3) is 0 Å². The van der Waals surface area contributed by atoms with Crippen LogP contribution in [0.1, 0.15) is 30.7 Å². The summed E-state index contributed by atoms with van der Waals surface area (Å²) in [4.78, 5) is 16.2. The summed E-state index contributed by atoms with van der Waals surface area (Å²) in [6.45, 7) is 2.19. The van der Waals surface area contributed by atoms with Crippen molar-refractivity contribution >= 4 is 43.2 Å². The van der Waals surface area contributed by atoms with Crippen molar-refractivity contribution in [2.24, 2.45) is 0 Å². The lowest BCUT2D eigenvalue weighted by molar-refractivity contribution is -0.114. The Morgan fingerprint density at radius 2 is 2.07 bits per heavy atom. The van der Waals surface area contributed by atoms with E-state index >= 15 is 0 Å². The molecule has 0 aliphatic carbocycles. The fourth-order valence-electron chi connectivity index (χ4n) is 3.73. The van der Waals surface area contributed by atoms with Crippen molar-refractivity contribution in [3.8, 4) is 5.75 Å². The van der Waals surface area contributed by atoms with Gasteiger partial charge in [-0.05, 0) is 43.2 Å². The number of ether oxygens (including phenoxy) is 1. The summed E-state index contributed by atoms with van der Waals surface area (Å²) in [5, 5.41) is 3.60. The number of rotatable bonds is 5. The Morgan fingerprint density at radius 3 is 2.80 bits per heavy atom. The molecule has 0 saturated carbocycles. The lowest BCUT2D eigenvalue weighted by Crippen LogP contribution is -2.39. The number of para-hydroxylation sites is 1. The number of methoxy groups -OCH3 is 1. The van der Waals surface area contributed by atoms with Gasteiger partial charge in [0.15, 0.2) is 0 Å². The van der Waals surface area contributed by atoms with Crippen LogP contribution in [0.5, 0.6) is 5.75 Å². The number of thiazole rings is 1. The van der Waals surface area contributed by atoms with Crippen LogP contribution in [0.3, 0.4) is 0 Å². The van der Waals surface area contributed by atoms with Gasteiger partial charge < -0.3 is 10.1 Å². The van der Waals surface area contributed by atoms with Crippen LogP contribution in [0.4, 0.5) is 5.69 Å². The minimum atomic E-state index is -3.80. The minimum Gasteiger partial charge on any atom is -0.495 e. The second-order valence-electron chi connectivity index (χ2n) is 7.27. The number of carbonyl (C=O) groups is 1. The maximum Gasteiger partial charge on any atom is 0.246 e. The molecule has 30 heavy (non-hydrogen) atoms. The van der Waals surface area contributed by atoms with E-state index in [4.69, 9.17) is 9.72 Å². The largest absolute Gasteiger partial charge is 0.495 e. The number of carbonyl (C=O) groups excluding carboxylic acids is 1. The highest BCUT2D eigenvalue weighted by atomic mass is 32.2. The summed E-state index contributed by atoms with van der Waals surface area (Å²) in [6.07, 6.45) is 1.66. The van der Waals surface area contributed by atoms with E-state index in [9.17, 15) is 13.2 Å². The van der Waals surface area contributed by atoms with E-state index in [1.165, 1.54) is 24.4 Å². The molecule has 1 aliphatic rings. The molecule has 0 spiro atoms. The standard InChI is InChI=1S/C21H23N3O4S2/c1-14(25)22-16-9-10-18(28-2)20(12-16)30(26,27)24-11-5-6-15(13-24)21-23-17-7-3-4-8-19(17)29-21/h3-4,7-10,12,15H,5-6,11,13H2,1-2H3,(H,22,25). The van der Waals surface area contributed by atoms with Crippen molar-refractivity contribution in [3.63, 3.8) is 0 Å². The van der Waals surface area contributed by atoms with Gasteiger partial charge in [-0.15, -0.1) is 11.3 Å². The van der Waals surface area contributed by atoms with Crippen LogP contribution in [0.25, 0.3) is 10.2 Å². The summed E-state index contributed by atoms with van der Waals surface area (Å²) in [5.74, 6) is 0.0408. The van der Waals surface area contributed by atoms with E-state index in [0.717, 1.165) is 28.1 Å². The lowest BCUT2D eigenvalue weighted by atomic mass is 10.0. The zero-order valence-corrected chi connectivity index (χ0v) is 18.4. The SMILES string of the molecule is COc1ccc(NC(C)=O)cc1S(=O)(=O)N1CCCC(c2nc3ccccc3s2)C1. The number of anilines is 1. The van der Waals surface area contributed by atoms with Crippen molar-refractivity contribution in [1.82, 2.24) is 9.29 Å². The predicted molar refractivity (Wildman–Crippen MR) is 118 cm³/mol. The van der Waals surface area contributed by atoms with E-state index in [-0.39, 0.29) is 22.5 Å². The van der Waals surface area contributed by atoms with E-state index in [0.29, 0.717) is 18.8 Å². The molecule has 7 nitrogen and oxygen atoms in total.